The third kappa shape index (κ3) is 4.98. The second-order valence-electron chi connectivity index (χ2n) is 6.67. The van der Waals surface area contributed by atoms with Crippen LogP contribution in [0.3, 0.4) is 0 Å². The number of carbonyl (C=O) groups excluding carboxylic acids is 2. The van der Waals surface area contributed by atoms with Gasteiger partial charge in [-0.1, -0.05) is 19.3 Å². The Balaban J connectivity index is 1.74. The van der Waals surface area contributed by atoms with Gasteiger partial charge in [-0.2, -0.15) is 5.26 Å². The molecule has 0 spiro atoms. The molecule has 6 heteroatoms. The van der Waals surface area contributed by atoms with Gasteiger partial charge in [-0.15, -0.1) is 0 Å². The minimum atomic E-state index is -0.202. The molecular formula is C18H28N4O2. The molecule has 2 rings (SSSR count). The van der Waals surface area contributed by atoms with Crippen LogP contribution in [0, 0.1) is 11.3 Å². The topological polar surface area (TPSA) is 76.4 Å². The first-order valence-electron chi connectivity index (χ1n) is 9.02. The summed E-state index contributed by atoms with van der Waals surface area (Å²) >= 11 is 0. The van der Waals surface area contributed by atoms with Crippen LogP contribution in [-0.2, 0) is 9.59 Å². The number of nitrogens with zero attached hydrogens (tertiary/aromatic N) is 3. The Kier molecular flexibility index (Phi) is 7.10. The second kappa shape index (κ2) is 9.31. The third-order valence-corrected chi connectivity index (χ3v) is 4.96. The van der Waals surface area contributed by atoms with Crippen molar-refractivity contribution in [3.8, 4) is 6.07 Å². The third-order valence-electron chi connectivity index (χ3n) is 4.96. The average Bonchev–Trinajstić information content (AvgIpc) is 3.02. The summed E-state index contributed by atoms with van der Waals surface area (Å²) in [5, 5.41) is 12.3. The fraction of sp³-hybridized carbons (Fsp3) is 0.722. The fourth-order valence-corrected chi connectivity index (χ4v) is 3.45. The van der Waals surface area contributed by atoms with Crippen molar-refractivity contribution in [2.24, 2.45) is 0 Å². The number of nitriles is 1. The largest absolute Gasteiger partial charge is 0.390 e. The number of likely N-dealkylation sites (tertiary alicyclic amines) is 1. The molecule has 2 amide bonds. The van der Waals surface area contributed by atoms with Gasteiger partial charge in [-0.3, -0.25) is 9.59 Å². The summed E-state index contributed by atoms with van der Waals surface area (Å²) in [6.07, 6.45) is 9.54. The van der Waals surface area contributed by atoms with Gasteiger partial charge in [0, 0.05) is 45.3 Å². The minimum Gasteiger partial charge on any atom is -0.390 e. The molecule has 1 N–H and O–H groups in total. The van der Waals surface area contributed by atoms with Crippen LogP contribution in [0.25, 0.3) is 0 Å². The lowest BCUT2D eigenvalue weighted by Crippen LogP contribution is -2.39. The number of hydrogen-bond donors (Lipinski definition) is 1. The lowest BCUT2D eigenvalue weighted by atomic mass is 9.94. The summed E-state index contributed by atoms with van der Waals surface area (Å²) < 4.78 is 0. The van der Waals surface area contributed by atoms with Crippen molar-refractivity contribution in [3.05, 3.63) is 11.8 Å². The highest BCUT2D eigenvalue weighted by Gasteiger charge is 2.24. The van der Waals surface area contributed by atoms with E-state index in [4.69, 9.17) is 0 Å². The van der Waals surface area contributed by atoms with E-state index in [2.05, 4.69) is 5.32 Å². The molecule has 1 aliphatic carbocycles. The highest BCUT2D eigenvalue weighted by molar-refractivity contribution is 5.97. The lowest BCUT2D eigenvalue weighted by Gasteiger charge is -2.31. The van der Waals surface area contributed by atoms with Crippen LogP contribution < -0.4 is 5.32 Å². The smallest absolute Gasteiger partial charge is 0.265 e. The van der Waals surface area contributed by atoms with Gasteiger partial charge in [0.25, 0.3) is 5.91 Å². The van der Waals surface area contributed by atoms with Crippen molar-refractivity contribution in [1.82, 2.24) is 15.1 Å². The molecule has 0 unspecified atom stereocenters. The van der Waals surface area contributed by atoms with Gasteiger partial charge in [0.1, 0.15) is 11.6 Å². The van der Waals surface area contributed by atoms with E-state index in [1.54, 1.807) is 11.9 Å². The predicted molar refractivity (Wildman–Crippen MR) is 91.8 cm³/mol. The highest BCUT2D eigenvalue weighted by atomic mass is 16.2. The summed E-state index contributed by atoms with van der Waals surface area (Å²) in [7, 11) is 1.79. The zero-order chi connectivity index (χ0) is 17.4. The Bertz CT molecular complexity index is 518. The van der Waals surface area contributed by atoms with Crippen LogP contribution in [0.1, 0.15) is 51.4 Å². The standard InChI is InChI=1S/C18H28N4O2/c1-21(16-7-3-2-4-8-16)18(24)15(13-19)14-20-10-6-12-22-11-5-9-17(22)23/h14,16,20H,2-12H2,1H3/b15-14-. The Labute approximate surface area is 144 Å². The number of rotatable bonds is 7. The van der Waals surface area contributed by atoms with E-state index < -0.39 is 0 Å². The highest BCUT2D eigenvalue weighted by Crippen LogP contribution is 2.22. The maximum atomic E-state index is 12.4. The van der Waals surface area contributed by atoms with Crippen LogP contribution in [-0.4, -0.2) is 54.3 Å². The summed E-state index contributed by atoms with van der Waals surface area (Å²) in [4.78, 5) is 27.5. The SMILES string of the molecule is CN(C(=O)/C(C#N)=C\NCCCN1CCCC1=O)C1CCCCC1. The van der Waals surface area contributed by atoms with E-state index in [0.717, 1.165) is 51.6 Å². The molecule has 24 heavy (non-hydrogen) atoms. The molecule has 2 aliphatic rings. The molecule has 1 aliphatic heterocycles. The van der Waals surface area contributed by atoms with Crippen molar-refractivity contribution >= 4 is 11.8 Å². The number of likely N-dealkylation sites (N-methyl/N-ethyl adjacent to an activating group) is 1. The molecule has 132 valence electrons. The van der Waals surface area contributed by atoms with Crippen molar-refractivity contribution in [2.45, 2.75) is 57.4 Å². The van der Waals surface area contributed by atoms with E-state index in [-0.39, 0.29) is 23.4 Å². The number of amides is 2. The summed E-state index contributed by atoms with van der Waals surface area (Å²) in [5.41, 5.74) is 0.153. The fourth-order valence-electron chi connectivity index (χ4n) is 3.45. The summed E-state index contributed by atoms with van der Waals surface area (Å²) in [6, 6.07) is 2.26. The predicted octanol–water partition coefficient (Wildman–Crippen LogP) is 1.79. The van der Waals surface area contributed by atoms with Crippen LogP contribution in [0.4, 0.5) is 0 Å². The van der Waals surface area contributed by atoms with E-state index in [1.165, 1.54) is 12.6 Å². The number of hydrogen-bond acceptors (Lipinski definition) is 4. The van der Waals surface area contributed by atoms with Crippen LogP contribution >= 0.6 is 0 Å². The molecule has 0 aromatic carbocycles. The zero-order valence-electron chi connectivity index (χ0n) is 14.6. The molecule has 0 atom stereocenters. The molecule has 6 nitrogen and oxygen atoms in total. The van der Waals surface area contributed by atoms with E-state index in [0.29, 0.717) is 13.0 Å². The Morgan fingerprint density at radius 3 is 2.75 bits per heavy atom. The Morgan fingerprint density at radius 2 is 2.12 bits per heavy atom. The molecule has 0 bridgehead atoms. The van der Waals surface area contributed by atoms with E-state index in [1.807, 2.05) is 11.0 Å². The summed E-state index contributed by atoms with van der Waals surface area (Å²) in [6.45, 7) is 2.23. The molecule has 1 saturated heterocycles. The zero-order valence-corrected chi connectivity index (χ0v) is 14.6. The maximum Gasteiger partial charge on any atom is 0.265 e. The molecular weight excluding hydrogens is 304 g/mol. The van der Waals surface area contributed by atoms with Gasteiger partial charge in [0.05, 0.1) is 0 Å². The molecule has 0 aromatic rings. The van der Waals surface area contributed by atoms with Crippen molar-refractivity contribution < 1.29 is 9.59 Å². The second-order valence-corrected chi connectivity index (χ2v) is 6.67. The van der Waals surface area contributed by atoms with Gasteiger partial charge < -0.3 is 15.1 Å². The monoisotopic (exact) mass is 332 g/mol. The van der Waals surface area contributed by atoms with Gasteiger partial charge in [-0.25, -0.2) is 0 Å². The van der Waals surface area contributed by atoms with Crippen LogP contribution in [0.5, 0.6) is 0 Å². The minimum absolute atomic E-state index is 0.153. The molecule has 0 aromatic heterocycles. The maximum absolute atomic E-state index is 12.4. The van der Waals surface area contributed by atoms with Crippen molar-refractivity contribution in [3.63, 3.8) is 0 Å². The Morgan fingerprint density at radius 1 is 1.38 bits per heavy atom. The molecule has 1 heterocycles. The first kappa shape index (κ1) is 18.3. The van der Waals surface area contributed by atoms with E-state index in [9.17, 15) is 14.9 Å². The van der Waals surface area contributed by atoms with E-state index >= 15 is 0 Å². The molecule has 1 saturated carbocycles. The van der Waals surface area contributed by atoms with Crippen molar-refractivity contribution in [1.29, 1.82) is 5.26 Å². The molecule has 0 radical (unpaired) electrons. The van der Waals surface area contributed by atoms with Crippen LogP contribution in [0.2, 0.25) is 0 Å². The van der Waals surface area contributed by atoms with Gasteiger partial charge in [-0.05, 0) is 25.7 Å². The number of nitrogens with one attached hydrogen (secondary N) is 1. The van der Waals surface area contributed by atoms with Gasteiger partial charge in [0.15, 0.2) is 0 Å². The van der Waals surface area contributed by atoms with Crippen LogP contribution in [0.15, 0.2) is 11.8 Å². The lowest BCUT2D eigenvalue weighted by molar-refractivity contribution is -0.128. The normalized spacial score (nSPS) is 19.2. The first-order chi connectivity index (χ1) is 11.6. The average molecular weight is 332 g/mol. The van der Waals surface area contributed by atoms with Gasteiger partial charge in [0.2, 0.25) is 5.91 Å². The molecule has 2 fully saturated rings. The first-order valence-corrected chi connectivity index (χ1v) is 9.02. The summed E-state index contributed by atoms with van der Waals surface area (Å²) in [5.74, 6) is 0.0270. The Hall–Kier alpha value is -2.03. The quantitative estimate of drug-likeness (QED) is 0.438. The number of carbonyl (C=O) groups is 2. The van der Waals surface area contributed by atoms with Gasteiger partial charge >= 0.3 is 0 Å². The van der Waals surface area contributed by atoms with Crippen molar-refractivity contribution in [2.75, 3.05) is 26.7 Å².